The zero-order valence-corrected chi connectivity index (χ0v) is 14.5. The van der Waals surface area contributed by atoms with E-state index in [4.69, 9.17) is 4.74 Å². The number of aromatic nitrogens is 2. The molecule has 2 aromatic carbocycles. The summed E-state index contributed by atoms with van der Waals surface area (Å²) in [7, 11) is 1.38. The number of hydrogen-bond acceptors (Lipinski definition) is 3. The van der Waals surface area contributed by atoms with Gasteiger partial charge in [-0.25, -0.2) is 9.78 Å². The van der Waals surface area contributed by atoms with Crippen molar-refractivity contribution < 1.29 is 9.53 Å². The van der Waals surface area contributed by atoms with Crippen LogP contribution in [-0.4, -0.2) is 23.0 Å². The fourth-order valence-corrected chi connectivity index (χ4v) is 2.71. The van der Waals surface area contributed by atoms with Crippen molar-refractivity contribution in [2.75, 3.05) is 7.11 Å². The van der Waals surface area contributed by atoms with Gasteiger partial charge in [-0.1, -0.05) is 45.0 Å². The summed E-state index contributed by atoms with van der Waals surface area (Å²) in [5.74, 6) is 0.543. The van der Waals surface area contributed by atoms with Crippen molar-refractivity contribution in [3.8, 4) is 0 Å². The summed E-state index contributed by atoms with van der Waals surface area (Å²) >= 11 is 0. The molecule has 4 heteroatoms. The van der Waals surface area contributed by atoms with Crippen LogP contribution < -0.4 is 0 Å². The molecule has 3 rings (SSSR count). The lowest BCUT2D eigenvalue weighted by Gasteiger charge is -2.19. The highest BCUT2D eigenvalue weighted by Crippen LogP contribution is 2.23. The largest absolute Gasteiger partial charge is 0.465 e. The van der Waals surface area contributed by atoms with E-state index in [1.54, 1.807) is 12.1 Å². The van der Waals surface area contributed by atoms with Gasteiger partial charge in [0, 0.05) is 6.42 Å². The van der Waals surface area contributed by atoms with Gasteiger partial charge in [0.25, 0.3) is 0 Å². The summed E-state index contributed by atoms with van der Waals surface area (Å²) in [6.45, 7) is 6.63. The van der Waals surface area contributed by atoms with Crippen molar-refractivity contribution >= 4 is 17.0 Å². The molecule has 1 aromatic heterocycles. The van der Waals surface area contributed by atoms with Gasteiger partial charge < -0.3 is 9.72 Å². The Kier molecular flexibility index (Phi) is 4.14. The van der Waals surface area contributed by atoms with Gasteiger partial charge in [-0.05, 0) is 34.7 Å². The Morgan fingerprint density at radius 1 is 1.12 bits per heavy atom. The van der Waals surface area contributed by atoms with Crippen LogP contribution in [0.15, 0.2) is 42.5 Å². The maximum Gasteiger partial charge on any atom is 0.337 e. The lowest BCUT2D eigenvalue weighted by molar-refractivity contribution is 0.0601. The molecule has 3 aromatic rings. The molecule has 24 heavy (non-hydrogen) atoms. The number of esters is 1. The van der Waals surface area contributed by atoms with Gasteiger partial charge in [0.2, 0.25) is 0 Å². The van der Waals surface area contributed by atoms with Crippen molar-refractivity contribution in [2.45, 2.75) is 32.6 Å². The van der Waals surface area contributed by atoms with Crippen molar-refractivity contribution in [3.05, 3.63) is 65.0 Å². The van der Waals surface area contributed by atoms with E-state index in [2.05, 4.69) is 55.0 Å². The van der Waals surface area contributed by atoms with E-state index in [1.807, 2.05) is 6.07 Å². The van der Waals surface area contributed by atoms with Crippen molar-refractivity contribution in [1.82, 2.24) is 9.97 Å². The Labute approximate surface area is 141 Å². The Balaban J connectivity index is 1.84. The minimum Gasteiger partial charge on any atom is -0.465 e. The highest BCUT2D eigenvalue weighted by Gasteiger charge is 2.13. The van der Waals surface area contributed by atoms with Gasteiger partial charge in [-0.15, -0.1) is 0 Å². The van der Waals surface area contributed by atoms with Crippen LogP contribution in [0.1, 0.15) is 48.1 Å². The third kappa shape index (κ3) is 3.32. The molecule has 0 atom stereocenters. The van der Waals surface area contributed by atoms with Crippen LogP contribution in [0, 0.1) is 0 Å². The summed E-state index contributed by atoms with van der Waals surface area (Å²) in [6, 6.07) is 14.0. The number of H-pyrrole nitrogens is 1. The van der Waals surface area contributed by atoms with E-state index >= 15 is 0 Å². The van der Waals surface area contributed by atoms with Gasteiger partial charge in [-0.3, -0.25) is 0 Å². The topological polar surface area (TPSA) is 55.0 Å². The molecule has 0 aliphatic heterocycles. The summed E-state index contributed by atoms with van der Waals surface area (Å²) in [5, 5.41) is 0. The molecule has 0 unspecified atom stereocenters. The first-order valence-corrected chi connectivity index (χ1v) is 8.03. The summed E-state index contributed by atoms with van der Waals surface area (Å²) in [6.07, 6.45) is 0.729. The first-order valence-electron chi connectivity index (χ1n) is 8.03. The van der Waals surface area contributed by atoms with Gasteiger partial charge in [0.15, 0.2) is 0 Å². The Hall–Kier alpha value is -2.62. The molecule has 4 nitrogen and oxygen atoms in total. The summed E-state index contributed by atoms with van der Waals surface area (Å²) in [5.41, 5.74) is 4.90. The number of imidazole rings is 1. The zero-order valence-electron chi connectivity index (χ0n) is 14.5. The third-order valence-corrected chi connectivity index (χ3v) is 4.14. The van der Waals surface area contributed by atoms with Crippen molar-refractivity contribution in [3.63, 3.8) is 0 Å². The predicted octanol–water partition coefficient (Wildman–Crippen LogP) is 4.24. The Bertz CT molecular complexity index is 871. The molecular formula is C20H22N2O2. The van der Waals surface area contributed by atoms with Crippen LogP contribution in [0.4, 0.5) is 0 Å². The van der Waals surface area contributed by atoms with Crippen LogP contribution in [0.25, 0.3) is 11.0 Å². The number of carbonyl (C=O) groups is 1. The molecule has 0 bridgehead atoms. The smallest absolute Gasteiger partial charge is 0.337 e. The Morgan fingerprint density at radius 3 is 2.46 bits per heavy atom. The van der Waals surface area contributed by atoms with E-state index in [-0.39, 0.29) is 11.4 Å². The molecule has 0 fully saturated rings. The second-order valence-electron chi connectivity index (χ2n) is 7.03. The quantitative estimate of drug-likeness (QED) is 0.734. The lowest BCUT2D eigenvalue weighted by Crippen LogP contribution is -2.10. The second kappa shape index (κ2) is 6.11. The van der Waals surface area contributed by atoms with Crippen LogP contribution in [0.5, 0.6) is 0 Å². The molecule has 0 radical (unpaired) electrons. The number of carbonyl (C=O) groups excluding carboxylic acids is 1. The molecule has 0 aliphatic rings. The van der Waals surface area contributed by atoms with Crippen LogP contribution in [0.2, 0.25) is 0 Å². The number of benzene rings is 2. The standard InChI is InChI=1S/C20H22N2O2/c1-20(2,3)15-8-5-13(6-9-15)11-18-21-16-10-7-14(19(23)24-4)12-17(16)22-18/h5-10,12H,11H2,1-4H3,(H,21,22). The van der Waals surface area contributed by atoms with E-state index in [0.717, 1.165) is 23.3 Å². The molecule has 0 saturated heterocycles. The molecule has 0 saturated carbocycles. The lowest BCUT2D eigenvalue weighted by atomic mass is 9.86. The highest BCUT2D eigenvalue weighted by atomic mass is 16.5. The van der Waals surface area contributed by atoms with Crippen LogP contribution in [0.3, 0.4) is 0 Å². The molecule has 124 valence electrons. The zero-order chi connectivity index (χ0) is 17.3. The SMILES string of the molecule is COC(=O)c1ccc2nc(Cc3ccc(C(C)(C)C)cc3)[nH]c2c1. The van der Waals surface area contributed by atoms with E-state index < -0.39 is 0 Å². The van der Waals surface area contributed by atoms with Crippen LogP contribution >= 0.6 is 0 Å². The highest BCUT2D eigenvalue weighted by molar-refractivity contribution is 5.93. The minimum absolute atomic E-state index is 0.155. The number of methoxy groups -OCH3 is 1. The molecule has 1 heterocycles. The normalized spacial score (nSPS) is 11.7. The molecule has 0 amide bonds. The number of rotatable bonds is 3. The first kappa shape index (κ1) is 16.2. The fraction of sp³-hybridized carbons (Fsp3) is 0.300. The number of nitrogens with zero attached hydrogens (tertiary/aromatic N) is 1. The number of nitrogens with one attached hydrogen (secondary N) is 1. The fourth-order valence-electron chi connectivity index (χ4n) is 2.71. The Morgan fingerprint density at radius 2 is 1.83 bits per heavy atom. The van der Waals surface area contributed by atoms with Gasteiger partial charge >= 0.3 is 5.97 Å². The second-order valence-corrected chi connectivity index (χ2v) is 7.03. The average molecular weight is 322 g/mol. The molecule has 0 spiro atoms. The van der Waals surface area contributed by atoms with Crippen molar-refractivity contribution in [2.24, 2.45) is 0 Å². The average Bonchev–Trinajstić information content (AvgIpc) is 2.95. The van der Waals surface area contributed by atoms with Crippen molar-refractivity contribution in [1.29, 1.82) is 0 Å². The summed E-state index contributed by atoms with van der Waals surface area (Å²) < 4.78 is 4.75. The van der Waals surface area contributed by atoms with E-state index in [9.17, 15) is 4.79 Å². The molecular weight excluding hydrogens is 300 g/mol. The molecule has 1 N–H and O–H groups in total. The summed E-state index contributed by atoms with van der Waals surface area (Å²) in [4.78, 5) is 19.5. The van der Waals surface area contributed by atoms with Gasteiger partial charge in [-0.2, -0.15) is 0 Å². The number of fused-ring (bicyclic) bond motifs is 1. The van der Waals surface area contributed by atoms with Gasteiger partial charge in [0.1, 0.15) is 5.82 Å². The number of hydrogen-bond donors (Lipinski definition) is 1. The predicted molar refractivity (Wildman–Crippen MR) is 95.4 cm³/mol. The third-order valence-electron chi connectivity index (χ3n) is 4.14. The van der Waals surface area contributed by atoms with Crippen LogP contribution in [-0.2, 0) is 16.6 Å². The number of ether oxygens (including phenoxy) is 1. The minimum atomic E-state index is -0.342. The maximum absolute atomic E-state index is 11.6. The molecule has 0 aliphatic carbocycles. The maximum atomic E-state index is 11.6. The monoisotopic (exact) mass is 322 g/mol. The van der Waals surface area contributed by atoms with Gasteiger partial charge in [0.05, 0.1) is 23.7 Å². The first-order chi connectivity index (χ1) is 11.4. The van der Waals surface area contributed by atoms with E-state index in [1.165, 1.54) is 18.2 Å². The van der Waals surface area contributed by atoms with E-state index in [0.29, 0.717) is 5.56 Å². The number of aromatic amines is 1.